The number of carboxylic acid groups (broad SMARTS) is 1. The number of fused-ring (bicyclic) bond motifs is 1. The predicted molar refractivity (Wildman–Crippen MR) is 112 cm³/mol. The van der Waals surface area contributed by atoms with Gasteiger partial charge in [-0.2, -0.15) is 0 Å². The first-order valence-corrected chi connectivity index (χ1v) is 9.61. The number of carbonyl (C=O) groups excluding carboxylic acids is 1. The van der Waals surface area contributed by atoms with Crippen LogP contribution in [0.15, 0.2) is 64.2 Å². The van der Waals surface area contributed by atoms with Crippen molar-refractivity contribution in [3.05, 3.63) is 81.0 Å². The van der Waals surface area contributed by atoms with Crippen molar-refractivity contribution in [3.63, 3.8) is 0 Å². The number of nitrogens with one attached hydrogen (secondary N) is 2. The zero-order chi connectivity index (χ0) is 21.8. The number of carbonyl (C=O) groups is 2. The van der Waals surface area contributed by atoms with Crippen LogP contribution < -0.4 is 16.6 Å². The molecule has 1 aromatic heterocycles. The lowest BCUT2D eigenvalue weighted by Gasteiger charge is -2.23. The number of H-pyrrole nitrogens is 1. The van der Waals surface area contributed by atoms with E-state index in [0.717, 1.165) is 4.57 Å². The molecular weight excluding hydrogens is 386 g/mol. The summed E-state index contributed by atoms with van der Waals surface area (Å²) in [5, 5.41) is 12.4. The first kappa shape index (κ1) is 21.0. The average molecular weight is 409 g/mol. The van der Waals surface area contributed by atoms with Crippen LogP contribution in [0.4, 0.5) is 0 Å². The minimum Gasteiger partial charge on any atom is -0.479 e. The number of hydrogen-bond acceptors (Lipinski definition) is 4. The lowest BCUT2D eigenvalue weighted by atomic mass is 10.0. The summed E-state index contributed by atoms with van der Waals surface area (Å²) in [4.78, 5) is 53.2. The monoisotopic (exact) mass is 409 g/mol. The molecule has 0 aliphatic rings. The Kier molecular flexibility index (Phi) is 6.15. The average Bonchev–Trinajstić information content (AvgIpc) is 2.71. The number of amides is 1. The molecule has 3 N–H and O–H groups in total. The van der Waals surface area contributed by atoms with Crippen LogP contribution in [-0.2, 0) is 9.59 Å². The van der Waals surface area contributed by atoms with Crippen LogP contribution >= 0.6 is 0 Å². The molecule has 30 heavy (non-hydrogen) atoms. The molecule has 0 saturated heterocycles. The number of rotatable bonds is 7. The SMILES string of the molecule is CC(C)CC(C(=O)NC(C(=O)O)c1ccccc1)n1c(=O)[nH]c2ccccc2c1=O. The maximum absolute atomic E-state index is 13.1. The van der Waals surface area contributed by atoms with E-state index in [1.807, 2.05) is 13.8 Å². The third kappa shape index (κ3) is 4.32. The Hall–Kier alpha value is -3.68. The molecule has 8 heteroatoms. The van der Waals surface area contributed by atoms with Gasteiger partial charge in [-0.15, -0.1) is 0 Å². The van der Waals surface area contributed by atoms with E-state index in [0.29, 0.717) is 11.1 Å². The van der Waals surface area contributed by atoms with E-state index in [2.05, 4.69) is 10.3 Å². The van der Waals surface area contributed by atoms with Gasteiger partial charge in [-0.25, -0.2) is 14.2 Å². The highest BCUT2D eigenvalue weighted by molar-refractivity contribution is 5.87. The molecule has 0 saturated carbocycles. The number of aliphatic carboxylic acids is 1. The zero-order valence-electron chi connectivity index (χ0n) is 16.7. The van der Waals surface area contributed by atoms with Crippen molar-refractivity contribution in [2.75, 3.05) is 0 Å². The Morgan fingerprint density at radius 2 is 1.67 bits per heavy atom. The van der Waals surface area contributed by atoms with Crippen molar-refractivity contribution in [1.82, 2.24) is 14.9 Å². The molecule has 0 fully saturated rings. The maximum atomic E-state index is 13.1. The summed E-state index contributed by atoms with van der Waals surface area (Å²) in [6, 6.07) is 12.3. The summed E-state index contributed by atoms with van der Waals surface area (Å²) in [7, 11) is 0. The Balaban J connectivity index is 2.06. The van der Waals surface area contributed by atoms with Crippen LogP contribution in [-0.4, -0.2) is 26.5 Å². The van der Waals surface area contributed by atoms with E-state index in [-0.39, 0.29) is 17.7 Å². The van der Waals surface area contributed by atoms with E-state index in [9.17, 15) is 24.3 Å². The summed E-state index contributed by atoms with van der Waals surface area (Å²) in [5.41, 5.74) is -0.547. The Bertz CT molecular complexity index is 1180. The molecule has 3 aromatic rings. The lowest BCUT2D eigenvalue weighted by Crippen LogP contribution is -2.46. The quantitative estimate of drug-likeness (QED) is 0.552. The van der Waals surface area contributed by atoms with Crippen LogP contribution in [0.25, 0.3) is 10.9 Å². The number of hydrogen-bond donors (Lipinski definition) is 3. The molecule has 0 aliphatic heterocycles. The summed E-state index contributed by atoms with van der Waals surface area (Å²) in [6.07, 6.45) is 0.189. The van der Waals surface area contributed by atoms with Gasteiger partial charge in [0.15, 0.2) is 6.04 Å². The molecule has 1 amide bonds. The molecule has 0 bridgehead atoms. The van der Waals surface area contributed by atoms with Crippen molar-refractivity contribution in [1.29, 1.82) is 0 Å². The van der Waals surface area contributed by atoms with Crippen molar-refractivity contribution in [2.24, 2.45) is 5.92 Å². The standard InChI is InChI=1S/C22H23N3O5/c1-13(2)12-17(19(26)24-18(21(28)29)14-8-4-3-5-9-14)25-20(27)15-10-6-7-11-16(15)23-22(25)30/h3-11,13,17-18H,12H2,1-2H3,(H,23,30)(H,24,26)(H,28,29). The fourth-order valence-electron chi connectivity index (χ4n) is 3.41. The smallest absolute Gasteiger partial charge is 0.330 e. The normalized spacial score (nSPS) is 13.2. The fraction of sp³-hybridized carbons (Fsp3) is 0.273. The van der Waals surface area contributed by atoms with Crippen LogP contribution in [0.2, 0.25) is 0 Å². The van der Waals surface area contributed by atoms with Gasteiger partial charge in [0, 0.05) is 0 Å². The maximum Gasteiger partial charge on any atom is 0.330 e. The first-order valence-electron chi connectivity index (χ1n) is 9.61. The molecule has 3 rings (SSSR count). The minimum atomic E-state index is -1.30. The lowest BCUT2D eigenvalue weighted by molar-refractivity contribution is -0.142. The van der Waals surface area contributed by atoms with E-state index in [1.54, 1.807) is 54.6 Å². The second-order valence-corrected chi connectivity index (χ2v) is 7.49. The van der Waals surface area contributed by atoms with Crippen LogP contribution in [0.5, 0.6) is 0 Å². The number of carboxylic acids is 1. The van der Waals surface area contributed by atoms with Gasteiger partial charge in [-0.3, -0.25) is 9.59 Å². The molecule has 8 nitrogen and oxygen atoms in total. The van der Waals surface area contributed by atoms with Gasteiger partial charge in [0.05, 0.1) is 10.9 Å². The second kappa shape index (κ2) is 8.77. The molecule has 0 radical (unpaired) electrons. The van der Waals surface area contributed by atoms with E-state index in [4.69, 9.17) is 0 Å². The Morgan fingerprint density at radius 1 is 1.03 bits per heavy atom. The second-order valence-electron chi connectivity index (χ2n) is 7.49. The predicted octanol–water partition coefficient (Wildman–Crippen LogP) is 2.22. The molecule has 2 unspecified atom stereocenters. The van der Waals surface area contributed by atoms with Crippen molar-refractivity contribution in [3.8, 4) is 0 Å². The molecule has 1 heterocycles. The Morgan fingerprint density at radius 3 is 2.30 bits per heavy atom. The van der Waals surface area contributed by atoms with Crippen LogP contribution in [0.3, 0.4) is 0 Å². The number of aromatic amines is 1. The van der Waals surface area contributed by atoms with Gasteiger partial charge in [0.25, 0.3) is 5.56 Å². The summed E-state index contributed by atoms with van der Waals surface area (Å²) in [6.45, 7) is 3.71. The molecule has 0 spiro atoms. The fourth-order valence-corrected chi connectivity index (χ4v) is 3.41. The summed E-state index contributed by atoms with van der Waals surface area (Å²) in [5.74, 6) is -1.97. The zero-order valence-corrected chi connectivity index (χ0v) is 16.7. The molecule has 2 aromatic carbocycles. The summed E-state index contributed by atoms with van der Waals surface area (Å²) >= 11 is 0. The third-order valence-corrected chi connectivity index (χ3v) is 4.81. The van der Waals surface area contributed by atoms with Crippen molar-refractivity contribution < 1.29 is 14.7 Å². The third-order valence-electron chi connectivity index (χ3n) is 4.81. The molecule has 0 aliphatic carbocycles. The highest BCUT2D eigenvalue weighted by Crippen LogP contribution is 2.19. The largest absolute Gasteiger partial charge is 0.479 e. The number of nitrogens with zero attached hydrogens (tertiary/aromatic N) is 1. The molecular formula is C22H23N3O5. The van der Waals surface area contributed by atoms with Gasteiger partial charge in [0.1, 0.15) is 6.04 Å². The van der Waals surface area contributed by atoms with Gasteiger partial charge in [-0.05, 0) is 30.0 Å². The van der Waals surface area contributed by atoms with Gasteiger partial charge >= 0.3 is 11.7 Å². The van der Waals surface area contributed by atoms with Crippen molar-refractivity contribution in [2.45, 2.75) is 32.4 Å². The van der Waals surface area contributed by atoms with Crippen LogP contribution in [0, 0.1) is 5.92 Å². The van der Waals surface area contributed by atoms with Crippen molar-refractivity contribution >= 4 is 22.8 Å². The number of para-hydroxylation sites is 1. The summed E-state index contributed by atoms with van der Waals surface area (Å²) < 4.78 is 0.877. The molecule has 156 valence electrons. The molecule has 2 atom stereocenters. The topological polar surface area (TPSA) is 121 Å². The highest BCUT2D eigenvalue weighted by Gasteiger charge is 2.30. The van der Waals surface area contributed by atoms with E-state index >= 15 is 0 Å². The number of aromatic nitrogens is 2. The minimum absolute atomic E-state index is 0.0291. The van der Waals surface area contributed by atoms with Gasteiger partial charge in [-0.1, -0.05) is 56.3 Å². The highest BCUT2D eigenvalue weighted by atomic mass is 16.4. The van der Waals surface area contributed by atoms with E-state index in [1.165, 1.54) is 0 Å². The van der Waals surface area contributed by atoms with Gasteiger partial charge < -0.3 is 15.4 Å². The van der Waals surface area contributed by atoms with Gasteiger partial charge in [0.2, 0.25) is 5.91 Å². The Labute approximate surface area is 172 Å². The van der Waals surface area contributed by atoms with Crippen LogP contribution in [0.1, 0.15) is 37.9 Å². The van der Waals surface area contributed by atoms with E-state index < -0.39 is 35.2 Å². The number of benzene rings is 2. The first-order chi connectivity index (χ1) is 14.3.